The van der Waals surface area contributed by atoms with Crippen LogP contribution in [-0.4, -0.2) is 18.4 Å². The molecular formula is C10H21NO. The number of rotatable bonds is 4. The molecule has 0 fully saturated rings. The van der Waals surface area contributed by atoms with Gasteiger partial charge in [0.2, 0.25) is 0 Å². The van der Waals surface area contributed by atoms with E-state index in [2.05, 4.69) is 39.9 Å². The number of carbonyl (C=O) groups is 1. The number of hydrogen-bond acceptors (Lipinski definition) is 2. The molecule has 0 saturated heterocycles. The van der Waals surface area contributed by atoms with Gasteiger partial charge >= 0.3 is 0 Å². The van der Waals surface area contributed by atoms with Crippen LogP contribution < -0.4 is 5.32 Å². The highest BCUT2D eigenvalue weighted by atomic mass is 16.1. The SMILES string of the molecule is CC(C)N[C@H](C=O)CC(C)(C)C. The highest BCUT2D eigenvalue weighted by Crippen LogP contribution is 2.20. The third-order valence-corrected chi connectivity index (χ3v) is 1.54. The summed E-state index contributed by atoms with van der Waals surface area (Å²) in [4.78, 5) is 10.7. The van der Waals surface area contributed by atoms with Crippen molar-refractivity contribution in [1.82, 2.24) is 5.32 Å². The molecule has 12 heavy (non-hydrogen) atoms. The minimum atomic E-state index is 0.00463. The molecule has 0 aromatic heterocycles. The summed E-state index contributed by atoms with van der Waals surface area (Å²) in [5, 5.41) is 3.22. The summed E-state index contributed by atoms with van der Waals surface area (Å²) in [5.74, 6) is 0. The van der Waals surface area contributed by atoms with Gasteiger partial charge in [0.05, 0.1) is 6.04 Å². The molecule has 0 unspecified atom stereocenters. The quantitative estimate of drug-likeness (QED) is 0.655. The Labute approximate surface area is 75.7 Å². The summed E-state index contributed by atoms with van der Waals surface area (Å²) in [6, 6.07) is 0.382. The second-order valence-electron chi connectivity index (χ2n) is 4.83. The van der Waals surface area contributed by atoms with Gasteiger partial charge in [0.1, 0.15) is 6.29 Å². The summed E-state index contributed by atoms with van der Waals surface area (Å²) in [7, 11) is 0. The first-order chi connectivity index (χ1) is 5.35. The van der Waals surface area contributed by atoms with Crippen molar-refractivity contribution in [3.05, 3.63) is 0 Å². The molecule has 0 heterocycles. The van der Waals surface area contributed by atoms with Crippen LogP contribution in [0.5, 0.6) is 0 Å². The van der Waals surface area contributed by atoms with Gasteiger partial charge < -0.3 is 10.1 Å². The van der Waals surface area contributed by atoms with Gasteiger partial charge in [-0.15, -0.1) is 0 Å². The first kappa shape index (κ1) is 11.6. The summed E-state index contributed by atoms with van der Waals surface area (Å²) >= 11 is 0. The molecule has 0 rings (SSSR count). The van der Waals surface area contributed by atoms with Crippen molar-refractivity contribution in [1.29, 1.82) is 0 Å². The molecule has 2 heteroatoms. The normalized spacial score (nSPS) is 14.8. The number of aldehydes is 1. The lowest BCUT2D eigenvalue weighted by Gasteiger charge is -2.24. The van der Waals surface area contributed by atoms with Crippen molar-refractivity contribution in [2.45, 2.75) is 53.1 Å². The van der Waals surface area contributed by atoms with Crippen LogP contribution in [0.1, 0.15) is 41.0 Å². The second-order valence-corrected chi connectivity index (χ2v) is 4.83. The van der Waals surface area contributed by atoms with E-state index < -0.39 is 0 Å². The van der Waals surface area contributed by atoms with E-state index in [9.17, 15) is 4.79 Å². The minimum absolute atomic E-state index is 0.00463. The van der Waals surface area contributed by atoms with Crippen LogP contribution in [-0.2, 0) is 4.79 Å². The van der Waals surface area contributed by atoms with E-state index >= 15 is 0 Å². The number of nitrogens with one attached hydrogen (secondary N) is 1. The van der Waals surface area contributed by atoms with Gasteiger partial charge in [-0.1, -0.05) is 34.6 Å². The zero-order valence-electron chi connectivity index (χ0n) is 8.85. The molecule has 0 aliphatic heterocycles. The van der Waals surface area contributed by atoms with E-state index in [1.807, 2.05) is 0 Å². The highest BCUT2D eigenvalue weighted by Gasteiger charge is 2.18. The molecule has 0 saturated carbocycles. The average Bonchev–Trinajstić information content (AvgIpc) is 1.82. The largest absolute Gasteiger partial charge is 0.305 e. The number of carbonyl (C=O) groups excluding carboxylic acids is 1. The second kappa shape index (κ2) is 4.61. The summed E-state index contributed by atoms with van der Waals surface area (Å²) < 4.78 is 0. The molecule has 0 aliphatic rings. The van der Waals surface area contributed by atoms with Crippen molar-refractivity contribution >= 4 is 6.29 Å². The van der Waals surface area contributed by atoms with Crippen molar-refractivity contribution in [2.75, 3.05) is 0 Å². The zero-order valence-corrected chi connectivity index (χ0v) is 8.85. The first-order valence-corrected chi connectivity index (χ1v) is 4.56. The third kappa shape index (κ3) is 6.35. The van der Waals surface area contributed by atoms with Crippen molar-refractivity contribution in [3.63, 3.8) is 0 Å². The first-order valence-electron chi connectivity index (χ1n) is 4.56. The lowest BCUT2D eigenvalue weighted by atomic mass is 9.88. The fraction of sp³-hybridized carbons (Fsp3) is 0.900. The minimum Gasteiger partial charge on any atom is -0.305 e. The monoisotopic (exact) mass is 171 g/mol. The van der Waals surface area contributed by atoms with Gasteiger partial charge in [-0.25, -0.2) is 0 Å². The van der Waals surface area contributed by atoms with Crippen LogP contribution in [0.15, 0.2) is 0 Å². The Kier molecular flexibility index (Phi) is 4.46. The summed E-state index contributed by atoms with van der Waals surface area (Å²) in [5.41, 5.74) is 0.216. The Bertz CT molecular complexity index is 135. The van der Waals surface area contributed by atoms with Gasteiger partial charge in [0, 0.05) is 6.04 Å². The molecule has 1 N–H and O–H groups in total. The predicted octanol–water partition coefficient (Wildman–Crippen LogP) is 1.99. The van der Waals surface area contributed by atoms with Crippen LogP contribution in [0.2, 0.25) is 0 Å². The molecule has 2 nitrogen and oxygen atoms in total. The van der Waals surface area contributed by atoms with Crippen molar-refractivity contribution < 1.29 is 4.79 Å². The number of hydrogen-bond donors (Lipinski definition) is 1. The Morgan fingerprint density at radius 3 is 2.08 bits per heavy atom. The maximum atomic E-state index is 10.7. The highest BCUT2D eigenvalue weighted by molar-refractivity contribution is 5.57. The van der Waals surface area contributed by atoms with Gasteiger partial charge in [-0.05, 0) is 11.8 Å². The Morgan fingerprint density at radius 1 is 1.33 bits per heavy atom. The van der Waals surface area contributed by atoms with Crippen LogP contribution in [0.3, 0.4) is 0 Å². The van der Waals surface area contributed by atoms with E-state index in [-0.39, 0.29) is 11.5 Å². The summed E-state index contributed by atoms with van der Waals surface area (Å²) in [6.45, 7) is 10.5. The topological polar surface area (TPSA) is 29.1 Å². The van der Waals surface area contributed by atoms with E-state index in [1.165, 1.54) is 0 Å². The van der Waals surface area contributed by atoms with Gasteiger partial charge in [0.15, 0.2) is 0 Å². The van der Waals surface area contributed by atoms with Gasteiger partial charge in [0.25, 0.3) is 0 Å². The molecule has 0 spiro atoms. The third-order valence-electron chi connectivity index (χ3n) is 1.54. The van der Waals surface area contributed by atoms with Crippen LogP contribution >= 0.6 is 0 Å². The Balaban J connectivity index is 3.92. The molecule has 1 atom stereocenters. The van der Waals surface area contributed by atoms with Crippen molar-refractivity contribution in [3.8, 4) is 0 Å². The molecule has 72 valence electrons. The van der Waals surface area contributed by atoms with E-state index in [0.717, 1.165) is 12.7 Å². The molecule has 0 aromatic carbocycles. The van der Waals surface area contributed by atoms with Crippen molar-refractivity contribution in [2.24, 2.45) is 5.41 Å². The average molecular weight is 171 g/mol. The fourth-order valence-electron chi connectivity index (χ4n) is 1.23. The van der Waals surface area contributed by atoms with E-state index in [4.69, 9.17) is 0 Å². The van der Waals surface area contributed by atoms with Gasteiger partial charge in [-0.3, -0.25) is 0 Å². The lowest BCUT2D eigenvalue weighted by molar-refractivity contribution is -0.110. The van der Waals surface area contributed by atoms with E-state index in [0.29, 0.717) is 6.04 Å². The van der Waals surface area contributed by atoms with Crippen LogP contribution in [0, 0.1) is 5.41 Å². The Hall–Kier alpha value is -0.370. The molecule has 0 aromatic rings. The van der Waals surface area contributed by atoms with Crippen LogP contribution in [0.25, 0.3) is 0 Å². The fourth-order valence-corrected chi connectivity index (χ4v) is 1.23. The van der Waals surface area contributed by atoms with Crippen LogP contribution in [0.4, 0.5) is 0 Å². The predicted molar refractivity (Wildman–Crippen MR) is 52.2 cm³/mol. The zero-order chi connectivity index (χ0) is 9.78. The standard InChI is InChI=1S/C10H21NO/c1-8(2)11-9(7-12)6-10(3,4)5/h7-9,11H,6H2,1-5H3/t9-/m0/s1. The van der Waals surface area contributed by atoms with Gasteiger partial charge in [-0.2, -0.15) is 0 Å². The maximum Gasteiger partial charge on any atom is 0.136 e. The summed E-state index contributed by atoms with van der Waals surface area (Å²) in [6.07, 6.45) is 1.90. The maximum absolute atomic E-state index is 10.7. The van der Waals surface area contributed by atoms with E-state index in [1.54, 1.807) is 0 Å². The molecule has 0 amide bonds. The lowest BCUT2D eigenvalue weighted by Crippen LogP contribution is -2.38. The molecular weight excluding hydrogens is 150 g/mol. The smallest absolute Gasteiger partial charge is 0.136 e. The molecule has 0 bridgehead atoms. The molecule has 0 aliphatic carbocycles. The Morgan fingerprint density at radius 2 is 1.83 bits per heavy atom. The molecule has 0 radical (unpaired) electrons.